The normalized spacial score (nSPS) is 11.1. The molecule has 0 fully saturated rings. The number of nitrogens with zero attached hydrogens (tertiary/aromatic N) is 4. The van der Waals surface area contributed by atoms with E-state index in [4.69, 9.17) is 11.6 Å². The highest BCUT2D eigenvalue weighted by Crippen LogP contribution is 2.22. The molecule has 0 aliphatic rings. The van der Waals surface area contributed by atoms with Gasteiger partial charge in [-0.1, -0.05) is 35.9 Å². The quantitative estimate of drug-likeness (QED) is 0.670. The van der Waals surface area contributed by atoms with Crippen molar-refractivity contribution in [3.05, 3.63) is 63.2 Å². The van der Waals surface area contributed by atoms with Crippen molar-refractivity contribution >= 4 is 23.2 Å². The molecular formula is C21H26ClN5O. The molecule has 0 radical (unpaired) electrons. The molecule has 1 aromatic carbocycles. The standard InChI is InChI=1S/C21H26ClN5O/c1-13-8-6-7-9-18(13)12-27-17(5)21(15(3)25-27)23-19(28)10-11-26-16(4)20(22)14(2)24-26/h6-9H,10-12H2,1-5H3,(H,23,28). The third-order valence-electron chi connectivity index (χ3n) is 5.07. The Morgan fingerprint density at radius 1 is 1.00 bits per heavy atom. The number of hydrogen-bond acceptors (Lipinski definition) is 3. The Morgan fingerprint density at radius 2 is 1.68 bits per heavy atom. The summed E-state index contributed by atoms with van der Waals surface area (Å²) in [7, 11) is 0. The maximum absolute atomic E-state index is 12.5. The topological polar surface area (TPSA) is 64.7 Å². The Bertz CT molecular complexity index is 1020. The number of halogens is 1. The molecular weight excluding hydrogens is 374 g/mol. The summed E-state index contributed by atoms with van der Waals surface area (Å²) in [4.78, 5) is 12.5. The lowest BCUT2D eigenvalue weighted by Crippen LogP contribution is -2.16. The van der Waals surface area contributed by atoms with Crippen LogP contribution in [0, 0.1) is 34.6 Å². The minimum absolute atomic E-state index is 0.0645. The summed E-state index contributed by atoms with van der Waals surface area (Å²) >= 11 is 6.17. The molecule has 2 heterocycles. The molecule has 0 saturated carbocycles. The van der Waals surface area contributed by atoms with Crippen LogP contribution < -0.4 is 5.32 Å². The van der Waals surface area contributed by atoms with Gasteiger partial charge >= 0.3 is 0 Å². The lowest BCUT2D eigenvalue weighted by atomic mass is 10.1. The minimum Gasteiger partial charge on any atom is -0.323 e. The number of anilines is 1. The summed E-state index contributed by atoms with van der Waals surface area (Å²) in [6.07, 6.45) is 0.320. The summed E-state index contributed by atoms with van der Waals surface area (Å²) in [5.41, 5.74) is 6.65. The maximum Gasteiger partial charge on any atom is 0.226 e. The van der Waals surface area contributed by atoms with Gasteiger partial charge in [-0.2, -0.15) is 10.2 Å². The van der Waals surface area contributed by atoms with Crippen molar-refractivity contribution in [3.8, 4) is 0 Å². The van der Waals surface area contributed by atoms with Gasteiger partial charge in [-0.15, -0.1) is 0 Å². The van der Waals surface area contributed by atoms with Gasteiger partial charge < -0.3 is 5.32 Å². The average molecular weight is 400 g/mol. The van der Waals surface area contributed by atoms with Gasteiger partial charge in [-0.05, 0) is 45.7 Å². The molecule has 148 valence electrons. The predicted octanol–water partition coefficient (Wildman–Crippen LogP) is 4.35. The van der Waals surface area contributed by atoms with E-state index in [1.807, 2.05) is 44.5 Å². The van der Waals surface area contributed by atoms with Crippen LogP contribution in [-0.2, 0) is 17.9 Å². The van der Waals surface area contributed by atoms with E-state index in [0.717, 1.165) is 28.5 Å². The third kappa shape index (κ3) is 4.12. The van der Waals surface area contributed by atoms with E-state index >= 15 is 0 Å². The summed E-state index contributed by atoms with van der Waals surface area (Å²) in [5.74, 6) is -0.0645. The van der Waals surface area contributed by atoms with Gasteiger partial charge in [-0.25, -0.2) is 0 Å². The minimum atomic E-state index is -0.0645. The second-order valence-electron chi connectivity index (χ2n) is 7.14. The van der Waals surface area contributed by atoms with Gasteiger partial charge in [0.25, 0.3) is 0 Å². The number of carbonyl (C=O) groups excluding carboxylic acids is 1. The molecule has 7 heteroatoms. The van der Waals surface area contributed by atoms with Crippen molar-refractivity contribution in [2.75, 3.05) is 5.32 Å². The molecule has 1 N–H and O–H groups in total. The average Bonchev–Trinajstić information content (AvgIpc) is 3.06. The van der Waals surface area contributed by atoms with E-state index in [9.17, 15) is 4.79 Å². The van der Waals surface area contributed by atoms with Crippen LogP contribution in [0.3, 0.4) is 0 Å². The van der Waals surface area contributed by atoms with Crippen LogP contribution >= 0.6 is 11.6 Å². The van der Waals surface area contributed by atoms with E-state index in [0.29, 0.717) is 24.5 Å². The van der Waals surface area contributed by atoms with Gasteiger partial charge in [0.2, 0.25) is 5.91 Å². The van der Waals surface area contributed by atoms with Crippen molar-refractivity contribution in [2.45, 2.75) is 54.1 Å². The molecule has 0 aliphatic carbocycles. The van der Waals surface area contributed by atoms with Crippen molar-refractivity contribution < 1.29 is 4.79 Å². The number of benzene rings is 1. The Morgan fingerprint density at radius 3 is 2.32 bits per heavy atom. The first-order valence-corrected chi connectivity index (χ1v) is 9.73. The smallest absolute Gasteiger partial charge is 0.226 e. The summed E-state index contributed by atoms with van der Waals surface area (Å²) in [5, 5.41) is 12.7. The molecule has 2 aromatic heterocycles. The largest absolute Gasteiger partial charge is 0.323 e. The highest BCUT2D eigenvalue weighted by molar-refractivity contribution is 6.31. The molecule has 0 unspecified atom stereocenters. The zero-order valence-corrected chi connectivity index (χ0v) is 17.8. The van der Waals surface area contributed by atoms with Gasteiger partial charge in [0.15, 0.2) is 0 Å². The number of aryl methyl sites for hydroxylation is 4. The fourth-order valence-corrected chi connectivity index (χ4v) is 3.42. The molecule has 0 bridgehead atoms. The summed E-state index contributed by atoms with van der Waals surface area (Å²) in [6, 6.07) is 8.25. The zero-order valence-electron chi connectivity index (χ0n) is 17.0. The second kappa shape index (κ2) is 8.19. The van der Waals surface area contributed by atoms with Gasteiger partial charge in [0, 0.05) is 6.42 Å². The fraction of sp³-hybridized carbons (Fsp3) is 0.381. The van der Waals surface area contributed by atoms with Crippen LogP contribution in [0.4, 0.5) is 5.69 Å². The lowest BCUT2D eigenvalue weighted by Gasteiger charge is -2.09. The Kier molecular flexibility index (Phi) is 5.89. The summed E-state index contributed by atoms with van der Waals surface area (Å²) < 4.78 is 3.71. The maximum atomic E-state index is 12.5. The van der Waals surface area contributed by atoms with E-state index in [-0.39, 0.29) is 5.91 Å². The van der Waals surface area contributed by atoms with Crippen LogP contribution in [0.5, 0.6) is 0 Å². The van der Waals surface area contributed by atoms with Crippen LogP contribution in [0.1, 0.15) is 40.3 Å². The van der Waals surface area contributed by atoms with E-state index in [2.05, 4.69) is 34.6 Å². The number of nitrogens with one attached hydrogen (secondary N) is 1. The monoisotopic (exact) mass is 399 g/mol. The van der Waals surface area contributed by atoms with E-state index in [1.54, 1.807) is 4.68 Å². The zero-order chi connectivity index (χ0) is 20.4. The van der Waals surface area contributed by atoms with Crippen LogP contribution in [0.25, 0.3) is 0 Å². The fourth-order valence-electron chi connectivity index (χ4n) is 3.28. The molecule has 0 aliphatic heterocycles. The molecule has 1 amide bonds. The highest BCUT2D eigenvalue weighted by atomic mass is 35.5. The lowest BCUT2D eigenvalue weighted by molar-refractivity contribution is -0.116. The van der Waals surface area contributed by atoms with E-state index in [1.165, 1.54) is 11.1 Å². The SMILES string of the molecule is Cc1ccccc1Cn1nc(C)c(NC(=O)CCn2nc(C)c(Cl)c2C)c1C. The number of rotatable bonds is 6. The highest BCUT2D eigenvalue weighted by Gasteiger charge is 2.16. The molecule has 3 rings (SSSR count). The first kappa shape index (κ1) is 20.1. The Hall–Kier alpha value is -2.60. The third-order valence-corrected chi connectivity index (χ3v) is 5.62. The van der Waals surface area contributed by atoms with Crippen molar-refractivity contribution in [2.24, 2.45) is 0 Å². The molecule has 0 saturated heterocycles. The van der Waals surface area contributed by atoms with Gasteiger partial charge in [-0.3, -0.25) is 14.2 Å². The van der Waals surface area contributed by atoms with Gasteiger partial charge in [0.05, 0.1) is 46.6 Å². The molecule has 28 heavy (non-hydrogen) atoms. The molecule has 0 spiro atoms. The van der Waals surface area contributed by atoms with Gasteiger partial charge in [0.1, 0.15) is 0 Å². The van der Waals surface area contributed by atoms with Crippen LogP contribution in [-0.4, -0.2) is 25.5 Å². The summed E-state index contributed by atoms with van der Waals surface area (Å²) in [6.45, 7) is 10.9. The number of aromatic nitrogens is 4. The van der Waals surface area contributed by atoms with Crippen molar-refractivity contribution in [1.29, 1.82) is 0 Å². The first-order valence-electron chi connectivity index (χ1n) is 9.35. The number of hydrogen-bond donors (Lipinski definition) is 1. The van der Waals surface area contributed by atoms with Crippen LogP contribution in [0.15, 0.2) is 24.3 Å². The Balaban J connectivity index is 1.68. The van der Waals surface area contributed by atoms with Crippen LogP contribution in [0.2, 0.25) is 5.02 Å². The molecule has 6 nitrogen and oxygen atoms in total. The molecule has 3 aromatic rings. The predicted molar refractivity (Wildman–Crippen MR) is 112 cm³/mol. The van der Waals surface area contributed by atoms with Crippen molar-refractivity contribution in [3.63, 3.8) is 0 Å². The molecule has 0 atom stereocenters. The van der Waals surface area contributed by atoms with Crippen molar-refractivity contribution in [1.82, 2.24) is 19.6 Å². The number of amides is 1. The first-order chi connectivity index (χ1) is 13.3. The number of carbonyl (C=O) groups is 1. The Labute approximate surface area is 170 Å². The van der Waals surface area contributed by atoms with E-state index < -0.39 is 0 Å². The second-order valence-corrected chi connectivity index (χ2v) is 7.51.